The van der Waals surface area contributed by atoms with Crippen LogP contribution in [-0.2, 0) is 21.9 Å². The lowest BCUT2D eigenvalue weighted by molar-refractivity contribution is -0.116. The first-order valence-corrected chi connectivity index (χ1v) is 8.49. The van der Waals surface area contributed by atoms with E-state index < -0.39 is 10.0 Å². The third-order valence-electron chi connectivity index (χ3n) is 3.36. The molecule has 0 saturated carbocycles. The van der Waals surface area contributed by atoms with E-state index >= 15 is 0 Å². The molecule has 0 saturated heterocycles. The van der Waals surface area contributed by atoms with E-state index in [9.17, 15) is 13.2 Å². The van der Waals surface area contributed by atoms with Crippen molar-refractivity contribution in [1.82, 2.24) is 19.5 Å². The number of aromatic nitrogens is 3. The number of pyridine rings is 1. The summed E-state index contributed by atoms with van der Waals surface area (Å²) in [7, 11) is -1.86. The van der Waals surface area contributed by atoms with Gasteiger partial charge in [-0.1, -0.05) is 0 Å². The summed E-state index contributed by atoms with van der Waals surface area (Å²) in [5.74, 6) is -0.280. The maximum absolute atomic E-state index is 12.0. The predicted octanol–water partition coefficient (Wildman–Crippen LogP) is 0.739. The first-order chi connectivity index (χ1) is 10.8. The van der Waals surface area contributed by atoms with Crippen molar-refractivity contribution < 1.29 is 13.2 Å². The van der Waals surface area contributed by atoms with Crippen molar-refractivity contribution >= 4 is 21.6 Å². The zero-order valence-corrected chi connectivity index (χ0v) is 14.0. The average Bonchev–Trinajstić information content (AvgIpc) is 2.74. The van der Waals surface area contributed by atoms with Crippen LogP contribution in [0.5, 0.6) is 0 Å². The van der Waals surface area contributed by atoms with Crippen LogP contribution in [0, 0.1) is 13.8 Å². The smallest absolute Gasteiger partial charge is 0.242 e. The monoisotopic (exact) mass is 337 g/mol. The SMILES string of the molecule is Cc1nn(C)c(C)c1NC(=O)CCNS(=O)(=O)c1cccnc1. The molecule has 0 bridgehead atoms. The Morgan fingerprint density at radius 2 is 2.09 bits per heavy atom. The van der Waals surface area contributed by atoms with Gasteiger partial charge < -0.3 is 5.32 Å². The fourth-order valence-electron chi connectivity index (χ4n) is 2.04. The Morgan fingerprint density at radius 3 is 2.65 bits per heavy atom. The summed E-state index contributed by atoms with van der Waals surface area (Å²) in [6.45, 7) is 3.65. The highest BCUT2D eigenvalue weighted by Crippen LogP contribution is 2.18. The third kappa shape index (κ3) is 4.14. The topological polar surface area (TPSA) is 106 Å². The second-order valence-corrected chi connectivity index (χ2v) is 6.82. The van der Waals surface area contributed by atoms with E-state index in [0.29, 0.717) is 11.4 Å². The first kappa shape index (κ1) is 17.1. The Labute approximate surface area is 135 Å². The summed E-state index contributed by atoms with van der Waals surface area (Å²) in [5, 5.41) is 6.96. The fraction of sp³-hybridized carbons (Fsp3) is 0.357. The van der Waals surface area contributed by atoms with Gasteiger partial charge in [0.2, 0.25) is 15.9 Å². The van der Waals surface area contributed by atoms with E-state index in [1.807, 2.05) is 6.92 Å². The second kappa shape index (κ2) is 6.88. The maximum Gasteiger partial charge on any atom is 0.242 e. The number of nitrogens with zero attached hydrogens (tertiary/aromatic N) is 3. The van der Waals surface area contributed by atoms with Crippen molar-refractivity contribution in [3.8, 4) is 0 Å². The van der Waals surface area contributed by atoms with Gasteiger partial charge in [0.1, 0.15) is 4.90 Å². The number of hydrogen-bond donors (Lipinski definition) is 2. The van der Waals surface area contributed by atoms with Crippen LogP contribution in [0.3, 0.4) is 0 Å². The van der Waals surface area contributed by atoms with E-state index in [0.717, 1.165) is 5.69 Å². The number of aryl methyl sites for hydroxylation is 2. The van der Waals surface area contributed by atoms with Crippen molar-refractivity contribution in [3.05, 3.63) is 35.9 Å². The number of sulfonamides is 1. The molecule has 0 spiro atoms. The fourth-order valence-corrected chi connectivity index (χ4v) is 3.04. The van der Waals surface area contributed by atoms with Gasteiger partial charge in [-0.15, -0.1) is 0 Å². The summed E-state index contributed by atoms with van der Waals surface area (Å²) in [6, 6.07) is 2.98. The zero-order valence-electron chi connectivity index (χ0n) is 13.2. The molecular formula is C14H19N5O3S. The predicted molar refractivity (Wildman–Crippen MR) is 85.4 cm³/mol. The Balaban J connectivity index is 1.90. The molecule has 2 rings (SSSR count). The lowest BCUT2D eigenvalue weighted by Crippen LogP contribution is -2.28. The zero-order chi connectivity index (χ0) is 17.0. The van der Waals surface area contributed by atoms with Gasteiger partial charge in [-0.05, 0) is 26.0 Å². The van der Waals surface area contributed by atoms with E-state index in [-0.39, 0.29) is 23.8 Å². The summed E-state index contributed by atoms with van der Waals surface area (Å²) in [6.07, 6.45) is 2.77. The summed E-state index contributed by atoms with van der Waals surface area (Å²) < 4.78 is 28.0. The summed E-state index contributed by atoms with van der Waals surface area (Å²) in [5.41, 5.74) is 2.22. The molecule has 23 heavy (non-hydrogen) atoms. The van der Waals surface area contributed by atoms with Crippen LogP contribution in [0.4, 0.5) is 5.69 Å². The van der Waals surface area contributed by atoms with Crippen LogP contribution >= 0.6 is 0 Å². The van der Waals surface area contributed by atoms with Crippen LogP contribution in [0.15, 0.2) is 29.4 Å². The molecule has 0 aliphatic rings. The van der Waals surface area contributed by atoms with Crippen LogP contribution in [0.2, 0.25) is 0 Å². The minimum atomic E-state index is -3.65. The van der Waals surface area contributed by atoms with Crippen molar-refractivity contribution in [2.75, 3.05) is 11.9 Å². The second-order valence-electron chi connectivity index (χ2n) is 5.05. The Morgan fingerprint density at radius 1 is 1.35 bits per heavy atom. The highest BCUT2D eigenvalue weighted by atomic mass is 32.2. The molecule has 0 aliphatic heterocycles. The van der Waals surface area contributed by atoms with Gasteiger partial charge >= 0.3 is 0 Å². The van der Waals surface area contributed by atoms with Gasteiger partial charge in [0.05, 0.1) is 17.1 Å². The number of anilines is 1. The molecule has 0 aromatic carbocycles. The standard InChI is InChI=1S/C14H19N5O3S/c1-10-14(11(2)19(3)18-10)17-13(20)6-8-16-23(21,22)12-5-4-7-15-9-12/h4-5,7,9,16H,6,8H2,1-3H3,(H,17,20). The molecule has 1 amide bonds. The molecule has 0 atom stereocenters. The van der Waals surface area contributed by atoms with Crippen LogP contribution in [0.1, 0.15) is 17.8 Å². The quantitative estimate of drug-likeness (QED) is 0.808. The van der Waals surface area contributed by atoms with Gasteiger partial charge in [-0.3, -0.25) is 14.5 Å². The molecule has 2 aromatic rings. The van der Waals surface area contributed by atoms with Crippen molar-refractivity contribution in [2.45, 2.75) is 25.2 Å². The molecule has 0 fully saturated rings. The molecule has 2 heterocycles. The van der Waals surface area contributed by atoms with E-state index in [1.54, 1.807) is 18.7 Å². The molecule has 0 radical (unpaired) electrons. The Bertz CT molecular complexity index is 799. The minimum Gasteiger partial charge on any atom is -0.323 e. The third-order valence-corrected chi connectivity index (χ3v) is 4.81. The molecule has 0 unspecified atom stereocenters. The van der Waals surface area contributed by atoms with Crippen molar-refractivity contribution in [2.24, 2.45) is 7.05 Å². The highest BCUT2D eigenvalue weighted by Gasteiger charge is 2.15. The Hall–Kier alpha value is -2.26. The van der Waals surface area contributed by atoms with E-state index in [1.165, 1.54) is 24.5 Å². The molecule has 124 valence electrons. The van der Waals surface area contributed by atoms with Crippen LogP contribution < -0.4 is 10.0 Å². The summed E-state index contributed by atoms with van der Waals surface area (Å²) >= 11 is 0. The van der Waals surface area contributed by atoms with Gasteiger partial charge in [-0.25, -0.2) is 13.1 Å². The molecule has 0 aliphatic carbocycles. The van der Waals surface area contributed by atoms with Gasteiger partial charge in [0, 0.05) is 32.4 Å². The van der Waals surface area contributed by atoms with Crippen LogP contribution in [0.25, 0.3) is 0 Å². The number of rotatable bonds is 6. The highest BCUT2D eigenvalue weighted by molar-refractivity contribution is 7.89. The van der Waals surface area contributed by atoms with E-state index in [4.69, 9.17) is 0 Å². The van der Waals surface area contributed by atoms with Crippen LogP contribution in [-0.4, -0.2) is 35.6 Å². The summed E-state index contributed by atoms with van der Waals surface area (Å²) in [4.78, 5) is 15.8. The molecular weight excluding hydrogens is 318 g/mol. The largest absolute Gasteiger partial charge is 0.323 e. The normalized spacial score (nSPS) is 11.4. The molecule has 2 N–H and O–H groups in total. The first-order valence-electron chi connectivity index (χ1n) is 7.01. The van der Waals surface area contributed by atoms with Gasteiger partial charge in [0.15, 0.2) is 0 Å². The van der Waals surface area contributed by atoms with Gasteiger partial charge in [0.25, 0.3) is 0 Å². The van der Waals surface area contributed by atoms with Crippen molar-refractivity contribution in [1.29, 1.82) is 0 Å². The van der Waals surface area contributed by atoms with Gasteiger partial charge in [-0.2, -0.15) is 5.10 Å². The lowest BCUT2D eigenvalue weighted by Gasteiger charge is -2.07. The minimum absolute atomic E-state index is 0.00141. The van der Waals surface area contributed by atoms with E-state index in [2.05, 4.69) is 20.1 Å². The molecule has 2 aromatic heterocycles. The maximum atomic E-state index is 12.0. The number of hydrogen-bond acceptors (Lipinski definition) is 5. The number of carbonyl (C=O) groups excluding carboxylic acids is 1. The lowest BCUT2D eigenvalue weighted by atomic mass is 10.3. The van der Waals surface area contributed by atoms with Crippen molar-refractivity contribution in [3.63, 3.8) is 0 Å². The number of carbonyl (C=O) groups is 1. The number of nitrogens with one attached hydrogen (secondary N) is 2. The molecule has 9 heteroatoms. The molecule has 8 nitrogen and oxygen atoms in total. The number of amides is 1. The average molecular weight is 337 g/mol. The Kier molecular flexibility index (Phi) is 5.12.